The Morgan fingerprint density at radius 3 is 3.00 bits per heavy atom. The summed E-state index contributed by atoms with van der Waals surface area (Å²) >= 11 is 0. The van der Waals surface area contributed by atoms with Crippen molar-refractivity contribution in [2.24, 2.45) is 0 Å². The van der Waals surface area contributed by atoms with Crippen LogP contribution in [0.3, 0.4) is 0 Å². The van der Waals surface area contributed by atoms with Crippen molar-refractivity contribution in [1.29, 1.82) is 0 Å². The highest BCUT2D eigenvalue weighted by Crippen LogP contribution is 2.22. The van der Waals surface area contributed by atoms with Crippen LogP contribution < -0.4 is 15.3 Å². The molecule has 1 aliphatic rings. The van der Waals surface area contributed by atoms with E-state index in [9.17, 15) is 9.90 Å². The number of aliphatic hydroxyl groups is 1. The minimum absolute atomic E-state index is 0.225. The van der Waals surface area contributed by atoms with Gasteiger partial charge in [-0.05, 0) is 31.4 Å². The summed E-state index contributed by atoms with van der Waals surface area (Å²) in [6, 6.07) is 7.68. The summed E-state index contributed by atoms with van der Waals surface area (Å²) in [5.74, 6) is 0.682. The largest absolute Gasteiger partial charge is 0.497 e. The number of hydrogen-bond donors (Lipinski definition) is 2. The van der Waals surface area contributed by atoms with Gasteiger partial charge in [-0.3, -0.25) is 0 Å². The summed E-state index contributed by atoms with van der Waals surface area (Å²) in [5, 5.41) is 10.2. The molecule has 0 bridgehead atoms. The van der Waals surface area contributed by atoms with Crippen molar-refractivity contribution < 1.29 is 19.2 Å². The summed E-state index contributed by atoms with van der Waals surface area (Å²) in [6.07, 6.45) is 4.39. The molecule has 0 radical (unpaired) electrons. The van der Waals surface area contributed by atoms with E-state index in [0.717, 1.165) is 36.9 Å². The Labute approximate surface area is 135 Å². The number of piperidine rings is 1. The van der Waals surface area contributed by atoms with Gasteiger partial charge in [-0.15, -0.1) is 0 Å². The number of nitrogens with one attached hydrogen (secondary N) is 1. The van der Waals surface area contributed by atoms with Gasteiger partial charge in [0.2, 0.25) is 0 Å². The maximum absolute atomic E-state index is 11.9. The minimum Gasteiger partial charge on any atom is -0.497 e. The summed E-state index contributed by atoms with van der Waals surface area (Å²) in [7, 11) is 1.60. The molecule has 124 valence electrons. The van der Waals surface area contributed by atoms with E-state index >= 15 is 0 Å². The molecule has 1 aliphatic heterocycles. The van der Waals surface area contributed by atoms with Gasteiger partial charge in [-0.2, -0.15) is 0 Å². The first-order valence-electron chi connectivity index (χ1n) is 8.27. The van der Waals surface area contributed by atoms with Crippen molar-refractivity contribution in [3.8, 4) is 5.75 Å². The van der Waals surface area contributed by atoms with Gasteiger partial charge >= 0.3 is 5.63 Å². The minimum atomic E-state index is -0.323. The second kappa shape index (κ2) is 7.15. The van der Waals surface area contributed by atoms with Crippen molar-refractivity contribution in [2.75, 3.05) is 20.3 Å². The van der Waals surface area contributed by atoms with Crippen molar-refractivity contribution in [1.82, 2.24) is 0 Å². The zero-order valence-corrected chi connectivity index (χ0v) is 13.5. The van der Waals surface area contributed by atoms with E-state index in [0.29, 0.717) is 17.4 Å². The molecule has 0 aliphatic carbocycles. The number of hydrogen-bond acceptors (Lipinski definition) is 4. The molecule has 1 unspecified atom stereocenters. The van der Waals surface area contributed by atoms with Gasteiger partial charge in [0.15, 0.2) is 0 Å². The maximum atomic E-state index is 11.9. The first kappa shape index (κ1) is 16.0. The third-order valence-electron chi connectivity index (χ3n) is 4.81. The van der Waals surface area contributed by atoms with Crippen LogP contribution in [0.25, 0.3) is 11.0 Å². The summed E-state index contributed by atoms with van der Waals surface area (Å²) in [5.41, 5.74) is 1.26. The van der Waals surface area contributed by atoms with Gasteiger partial charge in [0.25, 0.3) is 0 Å². The van der Waals surface area contributed by atoms with Gasteiger partial charge in [-0.1, -0.05) is 0 Å². The third kappa shape index (κ3) is 3.57. The molecule has 0 saturated carbocycles. The van der Waals surface area contributed by atoms with Crippen LogP contribution >= 0.6 is 0 Å². The second-order valence-electron chi connectivity index (χ2n) is 6.24. The molecule has 2 aromatic rings. The molecular formula is C18H24NO4+. The molecule has 5 nitrogen and oxygen atoms in total. The lowest BCUT2D eigenvalue weighted by molar-refractivity contribution is -0.944. The summed E-state index contributed by atoms with van der Waals surface area (Å²) in [4.78, 5) is 13.3. The fraction of sp³-hybridized carbons (Fsp3) is 0.500. The van der Waals surface area contributed by atoms with Crippen molar-refractivity contribution in [3.05, 3.63) is 40.2 Å². The molecule has 1 aromatic heterocycles. The van der Waals surface area contributed by atoms with Crippen LogP contribution in [0.4, 0.5) is 0 Å². The fourth-order valence-corrected chi connectivity index (χ4v) is 3.62. The Morgan fingerprint density at radius 1 is 1.35 bits per heavy atom. The first-order valence-corrected chi connectivity index (χ1v) is 8.27. The molecule has 2 heterocycles. The zero-order valence-electron chi connectivity index (χ0n) is 13.5. The van der Waals surface area contributed by atoms with Crippen LogP contribution in [0.5, 0.6) is 5.75 Å². The fourth-order valence-electron chi connectivity index (χ4n) is 3.62. The highest BCUT2D eigenvalue weighted by Gasteiger charge is 2.26. The van der Waals surface area contributed by atoms with Crippen LogP contribution in [-0.4, -0.2) is 31.4 Å². The van der Waals surface area contributed by atoms with Crippen LogP contribution in [-0.2, 0) is 6.54 Å². The van der Waals surface area contributed by atoms with Crippen LogP contribution in [0, 0.1) is 0 Å². The molecule has 3 rings (SSSR count). The molecule has 2 N–H and O–H groups in total. The van der Waals surface area contributed by atoms with Gasteiger partial charge < -0.3 is 19.2 Å². The lowest BCUT2D eigenvalue weighted by Gasteiger charge is -2.32. The second-order valence-corrected chi connectivity index (χ2v) is 6.24. The standard InChI is InChI=1S/C18H23NO4/c1-22-15-5-6-16-13(10-18(21)23-17(16)11-15)12-19-8-3-2-4-14(19)7-9-20/h5-6,10-11,14,20H,2-4,7-9,12H2,1H3/p+1/t14-/m0/s1. The van der Waals surface area contributed by atoms with E-state index in [-0.39, 0.29) is 12.2 Å². The summed E-state index contributed by atoms with van der Waals surface area (Å²) < 4.78 is 10.5. The number of methoxy groups -OCH3 is 1. The Bertz CT molecular complexity index is 723. The van der Waals surface area contributed by atoms with Gasteiger partial charge in [0.1, 0.15) is 17.9 Å². The van der Waals surface area contributed by atoms with Crippen LogP contribution in [0.1, 0.15) is 31.2 Å². The van der Waals surface area contributed by atoms with Crippen LogP contribution in [0.15, 0.2) is 33.5 Å². The van der Waals surface area contributed by atoms with E-state index in [1.165, 1.54) is 17.7 Å². The number of fused-ring (bicyclic) bond motifs is 1. The van der Waals surface area contributed by atoms with E-state index < -0.39 is 0 Å². The maximum Gasteiger partial charge on any atom is 0.336 e. The average molecular weight is 318 g/mol. The summed E-state index contributed by atoms with van der Waals surface area (Å²) in [6.45, 7) is 2.10. The molecule has 23 heavy (non-hydrogen) atoms. The predicted octanol–water partition coefficient (Wildman–Crippen LogP) is 1.12. The number of rotatable bonds is 5. The number of aliphatic hydroxyl groups excluding tert-OH is 1. The van der Waals surface area contributed by atoms with Gasteiger partial charge in [-0.25, -0.2) is 4.79 Å². The Kier molecular flexibility index (Phi) is 4.98. The molecular weight excluding hydrogens is 294 g/mol. The van der Waals surface area contributed by atoms with Crippen LogP contribution in [0.2, 0.25) is 0 Å². The van der Waals surface area contributed by atoms with Crippen molar-refractivity contribution in [2.45, 2.75) is 38.3 Å². The van der Waals surface area contributed by atoms with E-state index in [2.05, 4.69) is 0 Å². The number of quaternary nitrogens is 1. The van der Waals surface area contributed by atoms with Gasteiger partial charge in [0, 0.05) is 36.1 Å². The Hall–Kier alpha value is -1.85. The SMILES string of the molecule is COc1ccc2c(C[NH+]3CCCC[C@H]3CCO)cc(=O)oc2c1. The normalized spacial score (nSPS) is 21.5. The molecule has 1 fully saturated rings. The van der Waals surface area contributed by atoms with E-state index in [1.54, 1.807) is 19.2 Å². The highest BCUT2D eigenvalue weighted by atomic mass is 16.5. The topological polar surface area (TPSA) is 64.1 Å². The number of likely N-dealkylation sites (tertiary alicyclic amines) is 1. The van der Waals surface area contributed by atoms with Crippen molar-refractivity contribution >= 4 is 11.0 Å². The van der Waals surface area contributed by atoms with Gasteiger partial charge in [0.05, 0.1) is 19.7 Å². The molecule has 0 amide bonds. The quantitative estimate of drug-likeness (QED) is 0.811. The Balaban J connectivity index is 1.93. The average Bonchev–Trinajstić information content (AvgIpc) is 2.56. The smallest absolute Gasteiger partial charge is 0.336 e. The number of ether oxygens (including phenoxy) is 1. The molecule has 5 heteroatoms. The third-order valence-corrected chi connectivity index (χ3v) is 4.81. The monoisotopic (exact) mass is 318 g/mol. The predicted molar refractivity (Wildman–Crippen MR) is 87.9 cm³/mol. The van der Waals surface area contributed by atoms with E-state index in [1.807, 2.05) is 12.1 Å². The number of benzene rings is 1. The van der Waals surface area contributed by atoms with E-state index in [4.69, 9.17) is 9.15 Å². The first-order chi connectivity index (χ1) is 11.2. The Morgan fingerprint density at radius 2 is 2.22 bits per heavy atom. The molecule has 0 spiro atoms. The zero-order chi connectivity index (χ0) is 16.2. The molecule has 1 saturated heterocycles. The lowest BCUT2D eigenvalue weighted by atomic mass is 9.98. The highest BCUT2D eigenvalue weighted by molar-refractivity contribution is 5.81. The molecule has 2 atom stereocenters. The lowest BCUT2D eigenvalue weighted by Crippen LogP contribution is -3.15. The van der Waals surface area contributed by atoms with Crippen molar-refractivity contribution in [3.63, 3.8) is 0 Å². The molecule has 1 aromatic carbocycles.